The summed E-state index contributed by atoms with van der Waals surface area (Å²) in [6, 6.07) is 1.93. The Morgan fingerprint density at radius 1 is 1.36 bits per heavy atom. The van der Waals surface area contributed by atoms with Gasteiger partial charge in [0.15, 0.2) is 0 Å². The molecule has 1 unspecified atom stereocenters. The van der Waals surface area contributed by atoms with Crippen molar-refractivity contribution in [3.05, 3.63) is 28.3 Å². The molecule has 22 heavy (non-hydrogen) atoms. The molecule has 1 aliphatic rings. The van der Waals surface area contributed by atoms with Crippen molar-refractivity contribution < 1.29 is 22.4 Å². The monoisotopic (exact) mass is 329 g/mol. The van der Waals surface area contributed by atoms with E-state index in [9.17, 15) is 8.42 Å². The summed E-state index contributed by atoms with van der Waals surface area (Å²) in [5, 5.41) is 0. The zero-order chi connectivity index (χ0) is 16.7. The lowest BCUT2D eigenvalue weighted by molar-refractivity contribution is -0.0984. The van der Waals surface area contributed by atoms with Gasteiger partial charge in [0.05, 0.1) is 5.41 Å². The van der Waals surface area contributed by atoms with Crippen LogP contribution < -0.4 is 9.46 Å². The van der Waals surface area contributed by atoms with Gasteiger partial charge in [-0.2, -0.15) is 13.1 Å². The first-order valence-corrected chi connectivity index (χ1v) is 8.65. The number of nitrogens with one attached hydrogen (secondary N) is 1. The Kier molecular flexibility index (Phi) is 4.54. The maximum absolute atomic E-state index is 10.9. The second-order valence-corrected chi connectivity index (χ2v) is 7.32. The van der Waals surface area contributed by atoms with Gasteiger partial charge in [0, 0.05) is 18.7 Å². The number of hydrogen-bond acceptors (Lipinski definition) is 4. The van der Waals surface area contributed by atoms with Crippen LogP contribution in [-0.4, -0.2) is 25.9 Å². The molecule has 0 saturated heterocycles. The highest BCUT2D eigenvalue weighted by atomic mass is 32.2. The van der Waals surface area contributed by atoms with Crippen LogP contribution in [-0.2, 0) is 27.0 Å². The maximum Gasteiger partial charge on any atom is 0.333 e. The van der Waals surface area contributed by atoms with Gasteiger partial charge < -0.3 is 9.47 Å². The highest BCUT2D eigenvalue weighted by Gasteiger charge is 2.43. The van der Waals surface area contributed by atoms with E-state index in [0.29, 0.717) is 6.61 Å². The minimum absolute atomic E-state index is 0.0359. The number of fused-ring (bicyclic) bond motifs is 1. The van der Waals surface area contributed by atoms with Crippen LogP contribution in [0.15, 0.2) is 6.07 Å². The summed E-state index contributed by atoms with van der Waals surface area (Å²) in [6.07, 6.45) is -0.365. The van der Waals surface area contributed by atoms with Crippen molar-refractivity contribution in [2.24, 2.45) is 0 Å². The molecule has 0 fully saturated rings. The molecule has 0 aliphatic carbocycles. The zero-order valence-electron chi connectivity index (χ0n) is 13.6. The maximum atomic E-state index is 10.9. The highest BCUT2D eigenvalue weighted by molar-refractivity contribution is 7.83. The van der Waals surface area contributed by atoms with Crippen LogP contribution >= 0.6 is 0 Å². The first-order chi connectivity index (χ1) is 10.1. The van der Waals surface area contributed by atoms with Gasteiger partial charge in [-0.25, -0.2) is 0 Å². The average molecular weight is 329 g/mol. The molecule has 2 rings (SSSR count). The summed E-state index contributed by atoms with van der Waals surface area (Å²) in [7, 11) is -4.22. The first kappa shape index (κ1) is 17.2. The number of rotatable bonds is 5. The van der Waals surface area contributed by atoms with Crippen molar-refractivity contribution in [1.82, 2.24) is 4.72 Å². The van der Waals surface area contributed by atoms with E-state index in [1.54, 1.807) is 0 Å². The molecule has 0 radical (unpaired) electrons. The Morgan fingerprint density at radius 2 is 2.00 bits per heavy atom. The van der Waals surface area contributed by atoms with E-state index in [2.05, 4.69) is 4.72 Å². The lowest BCUT2D eigenvalue weighted by atomic mass is 9.82. The summed E-state index contributed by atoms with van der Waals surface area (Å²) >= 11 is 0. The molecule has 0 bridgehead atoms. The van der Waals surface area contributed by atoms with E-state index in [4.69, 9.17) is 14.0 Å². The van der Waals surface area contributed by atoms with E-state index < -0.39 is 10.3 Å². The largest absolute Gasteiger partial charge is 0.463 e. The molecule has 1 aromatic rings. The predicted molar refractivity (Wildman–Crippen MR) is 83.4 cm³/mol. The first-order valence-electron chi connectivity index (χ1n) is 7.21. The summed E-state index contributed by atoms with van der Waals surface area (Å²) in [5.41, 5.74) is 3.35. The molecule has 0 saturated carbocycles. The third-order valence-electron chi connectivity index (χ3n) is 4.22. The third-order valence-corrected chi connectivity index (χ3v) is 4.73. The second-order valence-electron chi connectivity index (χ2n) is 6.09. The molecule has 1 aliphatic heterocycles. The minimum atomic E-state index is -4.22. The van der Waals surface area contributed by atoms with E-state index >= 15 is 0 Å². The quantitative estimate of drug-likeness (QED) is 0.809. The van der Waals surface area contributed by atoms with Gasteiger partial charge in [-0.15, -0.1) is 0 Å². The lowest BCUT2D eigenvalue weighted by Crippen LogP contribution is -2.34. The zero-order valence-corrected chi connectivity index (χ0v) is 14.4. The van der Waals surface area contributed by atoms with Crippen LogP contribution in [0.1, 0.15) is 43.0 Å². The Bertz CT molecular complexity index is 682. The molecule has 0 amide bonds. The molecule has 2 N–H and O–H groups in total. The van der Waals surface area contributed by atoms with Crippen molar-refractivity contribution in [1.29, 1.82) is 0 Å². The Balaban J connectivity index is 2.44. The normalized spacial score (nSPS) is 19.8. The van der Waals surface area contributed by atoms with E-state index in [1.165, 1.54) is 0 Å². The van der Waals surface area contributed by atoms with Gasteiger partial charge in [0.1, 0.15) is 5.75 Å². The molecular formula is C15H23NO5S. The topological polar surface area (TPSA) is 84.9 Å². The fraction of sp³-hybridized carbons (Fsp3) is 0.600. The van der Waals surface area contributed by atoms with E-state index in [1.807, 2.05) is 40.7 Å². The molecule has 1 aromatic carbocycles. The van der Waals surface area contributed by atoms with Crippen LogP contribution in [0.4, 0.5) is 0 Å². The lowest BCUT2D eigenvalue weighted by Gasteiger charge is -2.25. The Hall–Kier alpha value is -1.15. The van der Waals surface area contributed by atoms with Gasteiger partial charge in [-0.1, -0.05) is 0 Å². The van der Waals surface area contributed by atoms with Crippen LogP contribution in [0.25, 0.3) is 0 Å². The van der Waals surface area contributed by atoms with Crippen LogP contribution in [0, 0.1) is 13.8 Å². The summed E-state index contributed by atoms with van der Waals surface area (Å²) in [4.78, 5) is 0. The summed E-state index contributed by atoms with van der Waals surface area (Å²) in [5.74, 6) is 0.802. The SMILES string of the molecule is CCOC1Oc2c(cc(CNS(=O)(=O)O)c(C)c2C)C1(C)C. The Morgan fingerprint density at radius 3 is 2.55 bits per heavy atom. The molecule has 0 spiro atoms. The van der Waals surface area contributed by atoms with Crippen LogP contribution in [0.3, 0.4) is 0 Å². The molecule has 7 heteroatoms. The van der Waals surface area contributed by atoms with Crippen LogP contribution in [0.2, 0.25) is 0 Å². The van der Waals surface area contributed by atoms with Gasteiger partial charge >= 0.3 is 10.3 Å². The minimum Gasteiger partial charge on any atom is -0.463 e. The van der Waals surface area contributed by atoms with Gasteiger partial charge in [0.25, 0.3) is 0 Å². The highest BCUT2D eigenvalue weighted by Crippen LogP contribution is 2.46. The van der Waals surface area contributed by atoms with Crippen molar-refractivity contribution in [3.8, 4) is 5.75 Å². The fourth-order valence-electron chi connectivity index (χ4n) is 2.72. The number of ether oxygens (including phenoxy) is 2. The van der Waals surface area contributed by atoms with Gasteiger partial charge in [-0.05, 0) is 57.4 Å². The smallest absolute Gasteiger partial charge is 0.333 e. The van der Waals surface area contributed by atoms with E-state index in [0.717, 1.165) is 28.0 Å². The molecule has 1 heterocycles. The average Bonchev–Trinajstić information content (AvgIpc) is 2.64. The van der Waals surface area contributed by atoms with Crippen molar-refractivity contribution in [3.63, 3.8) is 0 Å². The fourth-order valence-corrected chi connectivity index (χ4v) is 3.06. The molecule has 0 aromatic heterocycles. The standard InChI is InChI=1S/C15H23NO5S/c1-6-20-14-15(4,5)12-7-11(8-16-22(17,18)19)9(2)10(3)13(12)21-14/h7,14,16H,6,8H2,1-5H3,(H,17,18,19). The van der Waals surface area contributed by atoms with E-state index in [-0.39, 0.29) is 18.2 Å². The summed E-state index contributed by atoms with van der Waals surface area (Å²) < 4.78 is 44.4. The Labute approximate surface area is 131 Å². The second kappa shape index (κ2) is 5.81. The molecular weight excluding hydrogens is 306 g/mol. The van der Waals surface area contributed by atoms with Gasteiger partial charge in [0.2, 0.25) is 6.29 Å². The predicted octanol–water partition coefficient (Wildman–Crippen LogP) is 2.23. The third kappa shape index (κ3) is 3.12. The number of hydrogen-bond donors (Lipinski definition) is 2. The van der Waals surface area contributed by atoms with Crippen molar-refractivity contribution >= 4 is 10.3 Å². The van der Waals surface area contributed by atoms with Crippen molar-refractivity contribution in [2.45, 2.75) is 52.9 Å². The summed E-state index contributed by atoms with van der Waals surface area (Å²) in [6.45, 7) is 10.4. The molecule has 1 atom stereocenters. The molecule has 124 valence electrons. The van der Waals surface area contributed by atoms with Crippen molar-refractivity contribution in [2.75, 3.05) is 6.61 Å². The molecule has 6 nitrogen and oxygen atoms in total. The number of benzene rings is 1. The van der Waals surface area contributed by atoms with Gasteiger partial charge in [-0.3, -0.25) is 4.55 Å². The van der Waals surface area contributed by atoms with Crippen LogP contribution in [0.5, 0.6) is 5.75 Å².